The molecule has 3 rings (SSSR count). The zero-order valence-corrected chi connectivity index (χ0v) is 28.1. The highest BCUT2D eigenvalue weighted by Gasteiger charge is 2.43. The Labute approximate surface area is 260 Å². The predicted octanol–water partition coefficient (Wildman–Crippen LogP) is 4.84. The topological polar surface area (TPSA) is 66.4 Å². The third-order valence-electron chi connectivity index (χ3n) is 8.76. The Bertz CT molecular complexity index is 1070. The molecule has 2 aliphatic rings. The number of hydrogen-bond donors (Lipinski definition) is 2. The molecule has 0 spiro atoms. The number of allylic oxidation sites excluding steroid dienone is 3. The molecule has 1 aliphatic heterocycles. The molecule has 1 aliphatic carbocycles. The van der Waals surface area contributed by atoms with Crippen molar-refractivity contribution in [1.29, 1.82) is 0 Å². The minimum absolute atomic E-state index is 0. The Morgan fingerprint density at radius 3 is 2.15 bits per heavy atom. The average molecular weight is 632 g/mol. The summed E-state index contributed by atoms with van der Waals surface area (Å²) in [6.45, 7) is 12.6. The first-order chi connectivity index (χ1) is 19.2. The Morgan fingerprint density at radius 1 is 1.00 bits per heavy atom. The predicted molar refractivity (Wildman–Crippen MR) is 166 cm³/mol. The smallest absolute Gasteiger partial charge is 0.407 e. The van der Waals surface area contributed by atoms with Crippen molar-refractivity contribution < 1.29 is 36.9 Å². The second kappa shape index (κ2) is 16.6. The fourth-order valence-corrected chi connectivity index (χ4v) is 6.24. The maximum Gasteiger partial charge on any atom is 0.407 e. The van der Waals surface area contributed by atoms with Crippen LogP contribution in [0.15, 0.2) is 59.0 Å². The van der Waals surface area contributed by atoms with Crippen molar-refractivity contribution in [2.24, 2.45) is 0 Å². The van der Waals surface area contributed by atoms with Crippen molar-refractivity contribution in [3.63, 3.8) is 0 Å². The lowest BCUT2D eigenvalue weighted by Crippen LogP contribution is -3.00. The second-order valence-corrected chi connectivity index (χ2v) is 12.7. The molecular weight excluding hydrogens is 576 g/mol. The number of amides is 1. The van der Waals surface area contributed by atoms with E-state index < -0.39 is 11.5 Å². The van der Waals surface area contributed by atoms with Crippen LogP contribution in [0.25, 0.3) is 0 Å². The molecule has 1 aromatic rings. The minimum Gasteiger partial charge on any atom is -1.00 e. The summed E-state index contributed by atoms with van der Waals surface area (Å²) in [5, 5.41) is 12.4. The fraction of sp³-hybridized carbons (Fsp3) is 0.629. The van der Waals surface area contributed by atoms with Gasteiger partial charge in [0.25, 0.3) is 0 Å². The first kappa shape index (κ1) is 35.1. The van der Waals surface area contributed by atoms with Crippen LogP contribution in [-0.4, -0.2) is 42.8 Å². The molecule has 1 atom stereocenters. The van der Waals surface area contributed by atoms with Gasteiger partial charge in [-0.25, -0.2) is 4.79 Å². The van der Waals surface area contributed by atoms with Gasteiger partial charge < -0.3 is 37.0 Å². The Kier molecular flexibility index (Phi) is 14.2. The van der Waals surface area contributed by atoms with E-state index in [1.165, 1.54) is 85.1 Å². The number of carbonyl (C=O) groups is 1. The number of halogens is 1. The maximum atomic E-state index is 12.2. The van der Waals surface area contributed by atoms with Gasteiger partial charge in [-0.05, 0) is 41.5 Å². The van der Waals surface area contributed by atoms with Crippen molar-refractivity contribution >= 4 is 6.09 Å². The van der Waals surface area contributed by atoms with E-state index in [1.54, 1.807) is 7.11 Å². The number of hydrogen-bond acceptors (Lipinski definition) is 2. The van der Waals surface area contributed by atoms with E-state index in [0.717, 1.165) is 30.7 Å². The molecule has 5 nitrogen and oxygen atoms in total. The van der Waals surface area contributed by atoms with Crippen LogP contribution in [0.1, 0.15) is 116 Å². The molecule has 0 radical (unpaired) electrons. The van der Waals surface area contributed by atoms with Crippen LogP contribution in [-0.2, 0) is 15.6 Å². The maximum absolute atomic E-state index is 12.2. The number of nitrogens with two attached hydrogens (primary N) is 1. The number of benzene rings is 1. The van der Waals surface area contributed by atoms with Crippen molar-refractivity contribution in [3.8, 4) is 0 Å². The van der Waals surface area contributed by atoms with E-state index in [0.29, 0.717) is 13.1 Å². The highest BCUT2D eigenvalue weighted by molar-refractivity contribution is 5.66. The molecule has 41 heavy (non-hydrogen) atoms. The molecule has 0 saturated carbocycles. The van der Waals surface area contributed by atoms with E-state index in [4.69, 9.17) is 4.74 Å². The molecule has 1 aromatic carbocycles. The number of nitrogens with zero attached hydrogens (tertiary/aromatic N) is 1. The van der Waals surface area contributed by atoms with Crippen LogP contribution in [0.2, 0.25) is 0 Å². The summed E-state index contributed by atoms with van der Waals surface area (Å²) in [6.07, 6.45) is 17.7. The number of unbranched alkanes of at least 4 members (excludes halogenated alkanes) is 8. The van der Waals surface area contributed by atoms with Crippen molar-refractivity contribution in [2.75, 3.05) is 26.7 Å². The van der Waals surface area contributed by atoms with Gasteiger partial charge in [0.05, 0.1) is 19.1 Å². The molecule has 0 fully saturated rings. The lowest BCUT2D eigenvalue weighted by molar-refractivity contribution is -0.611. The van der Waals surface area contributed by atoms with Gasteiger partial charge in [0.2, 0.25) is 0 Å². The van der Waals surface area contributed by atoms with E-state index in [9.17, 15) is 9.90 Å². The van der Waals surface area contributed by atoms with E-state index in [2.05, 4.69) is 69.4 Å². The summed E-state index contributed by atoms with van der Waals surface area (Å²) in [5.74, 6) is 0.828. The van der Waals surface area contributed by atoms with Gasteiger partial charge in [0.15, 0.2) is 0 Å². The highest BCUT2D eigenvalue weighted by atomic mass is 79.9. The zero-order valence-electron chi connectivity index (χ0n) is 26.5. The number of fused-ring (bicyclic) bond motifs is 1. The van der Waals surface area contributed by atoms with Crippen LogP contribution >= 0.6 is 0 Å². The lowest BCUT2D eigenvalue weighted by Gasteiger charge is -2.40. The van der Waals surface area contributed by atoms with Crippen molar-refractivity contribution in [3.05, 3.63) is 70.1 Å². The average Bonchev–Trinajstić information content (AvgIpc) is 2.94. The molecule has 0 aromatic heterocycles. The third-order valence-corrected chi connectivity index (χ3v) is 8.76. The summed E-state index contributed by atoms with van der Waals surface area (Å²) in [4.78, 5) is 13.7. The summed E-state index contributed by atoms with van der Waals surface area (Å²) in [7, 11) is 1.73. The van der Waals surface area contributed by atoms with Gasteiger partial charge >= 0.3 is 6.09 Å². The fourth-order valence-electron chi connectivity index (χ4n) is 6.24. The molecular formula is C35H55BrN2O3. The molecule has 1 heterocycles. The Morgan fingerprint density at radius 2 is 1.61 bits per heavy atom. The van der Waals surface area contributed by atoms with Crippen molar-refractivity contribution in [1.82, 2.24) is 4.90 Å². The third kappa shape index (κ3) is 9.22. The summed E-state index contributed by atoms with van der Waals surface area (Å²) in [5.41, 5.74) is 5.79. The normalized spacial score (nSPS) is 18.7. The van der Waals surface area contributed by atoms with Gasteiger partial charge in [0.1, 0.15) is 11.5 Å². The minimum atomic E-state index is -0.897. The monoisotopic (exact) mass is 630 g/mol. The number of methoxy groups -OCH3 is 1. The molecule has 0 saturated heterocycles. The summed E-state index contributed by atoms with van der Waals surface area (Å²) >= 11 is 0. The van der Waals surface area contributed by atoms with Crippen LogP contribution in [0.5, 0.6) is 0 Å². The largest absolute Gasteiger partial charge is 1.00 e. The van der Waals surface area contributed by atoms with Gasteiger partial charge in [-0.1, -0.05) is 109 Å². The van der Waals surface area contributed by atoms with Gasteiger partial charge in [0, 0.05) is 31.5 Å². The van der Waals surface area contributed by atoms with Gasteiger partial charge in [-0.2, -0.15) is 0 Å². The summed E-state index contributed by atoms with van der Waals surface area (Å²) in [6, 6.07) is 8.73. The van der Waals surface area contributed by atoms with E-state index in [-0.39, 0.29) is 22.4 Å². The second-order valence-electron chi connectivity index (χ2n) is 12.7. The first-order valence-electron chi connectivity index (χ1n) is 15.8. The van der Waals surface area contributed by atoms with Crippen LogP contribution in [0.3, 0.4) is 0 Å². The first-order valence-corrected chi connectivity index (χ1v) is 15.8. The van der Waals surface area contributed by atoms with Gasteiger partial charge in [-0.3, -0.25) is 0 Å². The Balaban J connectivity index is 0.00000588. The van der Waals surface area contributed by atoms with Gasteiger partial charge in [-0.15, -0.1) is 0 Å². The van der Waals surface area contributed by atoms with E-state index in [1.807, 2.05) is 6.92 Å². The standard InChI is InChI=1S/C35H54N2O3.BrH/c1-7-9-10-11-12-13-14-15-16-17-31-30-24-32(40-6)35(25-27(30)22-23-36-31,26-37(8-2)33(38)39)29-20-18-28(19-21-29)34(3,4)5;/h18-21,24-25,36H,7-17,22-23,26H2,1-6H3,(H,38,39);1H. The highest BCUT2D eigenvalue weighted by Crippen LogP contribution is 2.44. The van der Waals surface area contributed by atoms with Crippen LogP contribution in [0, 0.1) is 0 Å². The SMILES string of the molecule is CCCCCCCCCCCC1=C2C=C(OC)C(CN(CC)C(=O)O)(c3ccc(C(C)(C)C)cc3)C=C2CC[NH2+]1.[Br-]. The number of ether oxygens (including phenoxy) is 1. The molecule has 6 heteroatoms. The zero-order chi connectivity index (χ0) is 29.2. The number of likely N-dealkylation sites (N-methyl/N-ethyl adjacent to an activating group) is 1. The Hall–Kier alpha value is -2.05. The molecule has 3 N–H and O–H groups in total. The number of rotatable bonds is 15. The van der Waals surface area contributed by atoms with Crippen LogP contribution in [0.4, 0.5) is 4.79 Å². The number of carboxylic acid groups (broad SMARTS) is 1. The van der Waals surface area contributed by atoms with Crippen molar-refractivity contribution in [2.45, 2.75) is 116 Å². The lowest BCUT2D eigenvalue weighted by atomic mass is 9.70. The molecule has 1 amide bonds. The van der Waals surface area contributed by atoms with Crippen LogP contribution < -0.4 is 22.3 Å². The molecule has 0 bridgehead atoms. The van der Waals surface area contributed by atoms with E-state index >= 15 is 0 Å². The summed E-state index contributed by atoms with van der Waals surface area (Å²) < 4.78 is 6.13. The molecule has 230 valence electrons. The molecule has 1 unspecified atom stereocenters. The quantitative estimate of drug-likeness (QED) is 0.273. The number of quaternary nitrogens is 1.